The van der Waals surface area contributed by atoms with Gasteiger partial charge in [-0.05, 0) is 36.8 Å². The lowest BCUT2D eigenvalue weighted by molar-refractivity contribution is 0.194. The van der Waals surface area contributed by atoms with Crippen LogP contribution in [0, 0.1) is 0 Å². The van der Waals surface area contributed by atoms with Gasteiger partial charge in [0.1, 0.15) is 5.65 Å². The van der Waals surface area contributed by atoms with Gasteiger partial charge in [-0.3, -0.25) is 4.98 Å². The van der Waals surface area contributed by atoms with Crippen LogP contribution in [0.5, 0.6) is 0 Å². The van der Waals surface area contributed by atoms with E-state index < -0.39 is 6.09 Å². The largest absolute Gasteiger partial charge is 0.465 e. The van der Waals surface area contributed by atoms with E-state index in [0.29, 0.717) is 25.5 Å². The van der Waals surface area contributed by atoms with E-state index in [1.807, 2.05) is 47.2 Å². The maximum absolute atomic E-state index is 10.5. The molecule has 0 aliphatic heterocycles. The molecular formula is C23H26N6O2. The fourth-order valence-corrected chi connectivity index (χ4v) is 3.19. The van der Waals surface area contributed by atoms with Gasteiger partial charge in [0.05, 0.1) is 5.52 Å². The molecule has 0 bridgehead atoms. The molecule has 0 saturated heterocycles. The molecular weight excluding hydrogens is 392 g/mol. The third kappa shape index (κ3) is 5.48. The minimum atomic E-state index is -1.01. The summed E-state index contributed by atoms with van der Waals surface area (Å²) >= 11 is 0. The highest BCUT2D eigenvalue weighted by Gasteiger charge is 2.07. The van der Waals surface area contributed by atoms with E-state index in [1.54, 1.807) is 12.4 Å². The number of benzene rings is 1. The van der Waals surface area contributed by atoms with Gasteiger partial charge in [-0.2, -0.15) is 4.98 Å². The number of anilines is 2. The average Bonchev–Trinajstić information content (AvgIpc) is 3.12. The van der Waals surface area contributed by atoms with Crippen molar-refractivity contribution < 1.29 is 9.90 Å². The zero-order chi connectivity index (χ0) is 21.5. The molecule has 5 rings (SSSR count). The molecule has 1 aromatic carbocycles. The first-order valence-electron chi connectivity index (χ1n) is 10.6. The Hall–Kier alpha value is -3.68. The number of fused-ring (bicyclic) bond motifs is 2. The van der Waals surface area contributed by atoms with Gasteiger partial charge in [-0.25, -0.2) is 9.78 Å². The Kier molecular flexibility index (Phi) is 6.56. The monoisotopic (exact) mass is 418 g/mol. The van der Waals surface area contributed by atoms with Crippen LogP contribution in [0.1, 0.15) is 32.1 Å². The first-order valence-corrected chi connectivity index (χ1v) is 10.6. The molecule has 0 spiro atoms. The van der Waals surface area contributed by atoms with Gasteiger partial charge in [0.2, 0.25) is 5.95 Å². The van der Waals surface area contributed by atoms with Gasteiger partial charge in [-0.15, -0.1) is 0 Å². The van der Waals surface area contributed by atoms with Crippen molar-refractivity contribution in [2.24, 2.45) is 0 Å². The van der Waals surface area contributed by atoms with Crippen molar-refractivity contribution in [3.8, 4) is 0 Å². The molecule has 3 aromatic heterocycles. The van der Waals surface area contributed by atoms with Gasteiger partial charge >= 0.3 is 6.09 Å². The first kappa shape index (κ1) is 20.6. The second kappa shape index (κ2) is 9.88. The van der Waals surface area contributed by atoms with Crippen molar-refractivity contribution in [3.05, 3.63) is 55.0 Å². The topological polar surface area (TPSA) is 105 Å². The van der Waals surface area contributed by atoms with Crippen LogP contribution in [0.3, 0.4) is 0 Å². The summed E-state index contributed by atoms with van der Waals surface area (Å²) in [6.45, 7) is 1.07. The van der Waals surface area contributed by atoms with Crippen molar-refractivity contribution in [1.29, 1.82) is 0 Å². The van der Waals surface area contributed by atoms with Crippen molar-refractivity contribution in [3.63, 3.8) is 0 Å². The van der Waals surface area contributed by atoms with Gasteiger partial charge < -0.3 is 20.3 Å². The van der Waals surface area contributed by atoms with E-state index in [0.717, 1.165) is 27.6 Å². The summed E-state index contributed by atoms with van der Waals surface area (Å²) in [5.41, 5.74) is 2.63. The van der Waals surface area contributed by atoms with Crippen LogP contribution in [0.4, 0.5) is 16.4 Å². The zero-order valence-corrected chi connectivity index (χ0v) is 17.3. The van der Waals surface area contributed by atoms with E-state index in [1.165, 1.54) is 25.7 Å². The second-order valence-electron chi connectivity index (χ2n) is 7.52. The van der Waals surface area contributed by atoms with Gasteiger partial charge in [0.25, 0.3) is 0 Å². The minimum Gasteiger partial charge on any atom is -0.465 e. The number of aryl methyl sites for hydroxylation is 1. The van der Waals surface area contributed by atoms with Crippen LogP contribution >= 0.6 is 0 Å². The van der Waals surface area contributed by atoms with E-state index in [2.05, 4.69) is 25.6 Å². The quantitative estimate of drug-likeness (QED) is 0.383. The number of amides is 1. The number of carboxylic acid groups (broad SMARTS) is 1. The standard InChI is InChI=1S/C19H18N6O2.C4H8/c26-19(27)21-8-2-9-25-10-6-14-12-22-18(24-17(14)25)23-15-4-5-16-13(11-15)3-1-7-20-16;1-2-4-3-1/h1,3-7,10-12,21H,2,8-9H2,(H,26,27)(H,22,23,24);1-4H2. The molecule has 0 unspecified atom stereocenters. The van der Waals surface area contributed by atoms with E-state index in [9.17, 15) is 4.79 Å². The number of nitrogens with zero attached hydrogens (tertiary/aromatic N) is 4. The number of aromatic nitrogens is 4. The van der Waals surface area contributed by atoms with Gasteiger partial charge in [0.15, 0.2) is 0 Å². The normalized spacial score (nSPS) is 12.6. The summed E-state index contributed by atoms with van der Waals surface area (Å²) in [5.74, 6) is 0.509. The Morgan fingerprint density at radius 2 is 1.90 bits per heavy atom. The molecule has 4 aromatic rings. The van der Waals surface area contributed by atoms with E-state index >= 15 is 0 Å². The lowest BCUT2D eigenvalue weighted by Crippen LogP contribution is -2.22. The number of hydrogen-bond acceptors (Lipinski definition) is 5. The molecule has 3 N–H and O–H groups in total. The number of rotatable bonds is 6. The molecule has 31 heavy (non-hydrogen) atoms. The maximum Gasteiger partial charge on any atom is 0.404 e. The fourth-order valence-electron chi connectivity index (χ4n) is 3.19. The highest BCUT2D eigenvalue weighted by molar-refractivity contribution is 5.83. The minimum absolute atomic E-state index is 0.399. The summed E-state index contributed by atoms with van der Waals surface area (Å²) in [6, 6.07) is 11.8. The molecule has 1 aliphatic rings. The van der Waals surface area contributed by atoms with E-state index in [4.69, 9.17) is 5.11 Å². The molecule has 8 heteroatoms. The predicted molar refractivity (Wildman–Crippen MR) is 122 cm³/mol. The summed E-state index contributed by atoms with van der Waals surface area (Å²) < 4.78 is 2.00. The maximum atomic E-state index is 10.5. The van der Waals surface area contributed by atoms with Gasteiger partial charge in [0, 0.05) is 48.1 Å². The molecule has 3 heterocycles. The Labute approximate surface area is 180 Å². The Morgan fingerprint density at radius 3 is 2.68 bits per heavy atom. The summed E-state index contributed by atoms with van der Waals surface area (Å²) in [5, 5.41) is 16.2. The number of hydrogen-bond donors (Lipinski definition) is 3. The molecule has 8 nitrogen and oxygen atoms in total. The first-order chi connectivity index (χ1) is 15.2. The Morgan fingerprint density at radius 1 is 1.06 bits per heavy atom. The highest BCUT2D eigenvalue weighted by Crippen LogP contribution is 2.21. The summed E-state index contributed by atoms with van der Waals surface area (Å²) in [7, 11) is 0. The van der Waals surface area contributed by atoms with Crippen molar-refractivity contribution in [1.82, 2.24) is 24.8 Å². The summed E-state index contributed by atoms with van der Waals surface area (Å²) in [6.07, 6.45) is 11.2. The Bertz CT molecular complexity index is 1170. The van der Waals surface area contributed by atoms with E-state index in [-0.39, 0.29) is 0 Å². The van der Waals surface area contributed by atoms with Crippen molar-refractivity contribution in [2.45, 2.75) is 38.6 Å². The predicted octanol–water partition coefficient (Wildman–Crippen LogP) is 4.94. The average molecular weight is 419 g/mol. The smallest absolute Gasteiger partial charge is 0.404 e. The van der Waals surface area contributed by atoms with Crippen LogP contribution in [-0.2, 0) is 6.54 Å². The lowest BCUT2D eigenvalue weighted by atomic mass is 10.0. The number of nitrogens with one attached hydrogen (secondary N) is 2. The molecule has 160 valence electrons. The van der Waals surface area contributed by atoms with Crippen molar-refractivity contribution in [2.75, 3.05) is 11.9 Å². The van der Waals surface area contributed by atoms with Crippen LogP contribution in [-0.4, -0.2) is 37.3 Å². The zero-order valence-electron chi connectivity index (χ0n) is 17.3. The molecule has 1 saturated carbocycles. The van der Waals surface area contributed by atoms with Crippen LogP contribution < -0.4 is 10.6 Å². The molecule has 1 amide bonds. The Balaban J connectivity index is 0.000000520. The fraction of sp³-hybridized carbons (Fsp3) is 0.304. The van der Waals surface area contributed by atoms with Crippen molar-refractivity contribution >= 4 is 39.7 Å². The SMILES string of the molecule is C1CCC1.O=C(O)NCCCn1ccc2cnc(Nc3ccc4ncccc4c3)nc21. The van der Waals surface area contributed by atoms with Gasteiger partial charge in [-0.1, -0.05) is 31.7 Å². The van der Waals surface area contributed by atoms with Crippen LogP contribution in [0.15, 0.2) is 55.0 Å². The lowest BCUT2D eigenvalue weighted by Gasteiger charge is -2.08. The molecule has 0 atom stereocenters. The van der Waals surface area contributed by atoms with Crippen LogP contribution in [0.2, 0.25) is 0 Å². The molecule has 1 fully saturated rings. The number of pyridine rings is 1. The molecule has 1 aliphatic carbocycles. The third-order valence-corrected chi connectivity index (χ3v) is 5.21. The summed E-state index contributed by atoms with van der Waals surface area (Å²) in [4.78, 5) is 23.8. The highest BCUT2D eigenvalue weighted by atomic mass is 16.4. The molecule has 0 radical (unpaired) electrons. The third-order valence-electron chi connectivity index (χ3n) is 5.21. The second-order valence-corrected chi connectivity index (χ2v) is 7.52. The van der Waals surface area contributed by atoms with Crippen LogP contribution in [0.25, 0.3) is 21.9 Å². The number of carbonyl (C=O) groups is 1.